The molecular formula is C11H15BrN2O2. The Balaban J connectivity index is 2.49. The summed E-state index contributed by atoms with van der Waals surface area (Å²) in [5.74, 6) is 5.67. The van der Waals surface area contributed by atoms with Gasteiger partial charge >= 0.3 is 0 Å². The summed E-state index contributed by atoms with van der Waals surface area (Å²) in [7, 11) is 1.63. The van der Waals surface area contributed by atoms with Gasteiger partial charge < -0.3 is 4.74 Å². The highest BCUT2D eigenvalue weighted by molar-refractivity contribution is 9.10. The molecule has 16 heavy (non-hydrogen) atoms. The first kappa shape index (κ1) is 13.0. The summed E-state index contributed by atoms with van der Waals surface area (Å²) in [6, 6.07) is 5.89. The minimum atomic E-state index is -0.132. The van der Waals surface area contributed by atoms with Crippen molar-refractivity contribution in [2.24, 2.45) is 5.84 Å². The molecule has 0 aliphatic carbocycles. The number of benzene rings is 1. The lowest BCUT2D eigenvalue weighted by Gasteiger charge is -2.06. The van der Waals surface area contributed by atoms with Crippen LogP contribution < -0.4 is 16.0 Å². The molecule has 0 bridgehead atoms. The van der Waals surface area contributed by atoms with Crippen LogP contribution >= 0.6 is 15.9 Å². The first-order valence-electron chi connectivity index (χ1n) is 4.99. The Bertz CT molecular complexity index is 369. The molecule has 3 N–H and O–H groups in total. The van der Waals surface area contributed by atoms with Gasteiger partial charge in [0.1, 0.15) is 5.75 Å². The van der Waals surface area contributed by atoms with Crippen molar-refractivity contribution in [1.82, 2.24) is 5.43 Å². The number of halogens is 1. The van der Waals surface area contributed by atoms with Gasteiger partial charge in [0.05, 0.1) is 11.6 Å². The number of rotatable bonds is 5. The van der Waals surface area contributed by atoms with Crippen LogP contribution in [-0.4, -0.2) is 13.0 Å². The fourth-order valence-electron chi connectivity index (χ4n) is 1.39. The van der Waals surface area contributed by atoms with Gasteiger partial charge in [-0.15, -0.1) is 0 Å². The monoisotopic (exact) mass is 286 g/mol. The third-order valence-electron chi connectivity index (χ3n) is 2.25. The number of carbonyl (C=O) groups is 1. The van der Waals surface area contributed by atoms with Crippen molar-refractivity contribution in [1.29, 1.82) is 0 Å². The average molecular weight is 287 g/mol. The van der Waals surface area contributed by atoms with Crippen molar-refractivity contribution in [2.45, 2.75) is 19.3 Å². The molecule has 0 spiro atoms. The Labute approximate surface area is 103 Å². The summed E-state index contributed by atoms with van der Waals surface area (Å²) in [5.41, 5.74) is 3.28. The largest absolute Gasteiger partial charge is 0.496 e. The molecule has 0 saturated heterocycles. The SMILES string of the molecule is COc1ccc(CCCC(=O)NN)cc1Br. The lowest BCUT2D eigenvalue weighted by Crippen LogP contribution is -2.29. The minimum Gasteiger partial charge on any atom is -0.496 e. The molecule has 0 saturated carbocycles. The number of hydrogen-bond acceptors (Lipinski definition) is 3. The smallest absolute Gasteiger partial charge is 0.233 e. The van der Waals surface area contributed by atoms with Gasteiger partial charge in [-0.25, -0.2) is 5.84 Å². The molecule has 0 unspecified atom stereocenters. The third kappa shape index (κ3) is 3.83. The fraction of sp³-hybridized carbons (Fsp3) is 0.364. The van der Waals surface area contributed by atoms with Gasteiger partial charge in [0.25, 0.3) is 0 Å². The van der Waals surface area contributed by atoms with Crippen LogP contribution in [0.3, 0.4) is 0 Å². The van der Waals surface area contributed by atoms with E-state index in [0.717, 1.165) is 28.6 Å². The number of ether oxygens (including phenoxy) is 1. The number of carbonyl (C=O) groups excluding carboxylic acids is 1. The third-order valence-corrected chi connectivity index (χ3v) is 2.87. The maximum absolute atomic E-state index is 10.9. The van der Waals surface area contributed by atoms with E-state index < -0.39 is 0 Å². The maximum atomic E-state index is 10.9. The number of hydrazine groups is 1. The number of amides is 1. The molecule has 1 aromatic carbocycles. The molecule has 0 aliphatic rings. The zero-order chi connectivity index (χ0) is 12.0. The van der Waals surface area contributed by atoms with Crippen LogP contribution in [0.15, 0.2) is 22.7 Å². The van der Waals surface area contributed by atoms with Crippen LogP contribution in [0, 0.1) is 0 Å². The van der Waals surface area contributed by atoms with Crippen LogP contribution in [0.1, 0.15) is 18.4 Å². The van der Waals surface area contributed by atoms with Crippen LogP contribution in [0.2, 0.25) is 0 Å². The van der Waals surface area contributed by atoms with Gasteiger partial charge in [0.2, 0.25) is 5.91 Å². The molecular weight excluding hydrogens is 272 g/mol. The summed E-state index contributed by atoms with van der Waals surface area (Å²) in [6.07, 6.45) is 2.07. The summed E-state index contributed by atoms with van der Waals surface area (Å²) in [4.78, 5) is 10.9. The fourth-order valence-corrected chi connectivity index (χ4v) is 1.98. The Kier molecular flexibility index (Phi) is 5.28. The lowest BCUT2D eigenvalue weighted by atomic mass is 10.1. The quantitative estimate of drug-likeness (QED) is 0.493. The highest BCUT2D eigenvalue weighted by Crippen LogP contribution is 2.26. The van der Waals surface area contributed by atoms with Crippen LogP contribution in [-0.2, 0) is 11.2 Å². The van der Waals surface area contributed by atoms with Crippen molar-refractivity contribution >= 4 is 21.8 Å². The second-order valence-electron chi connectivity index (χ2n) is 3.39. The molecule has 0 radical (unpaired) electrons. The normalized spacial score (nSPS) is 9.94. The number of aryl methyl sites for hydroxylation is 1. The molecule has 1 aromatic rings. The van der Waals surface area contributed by atoms with Crippen LogP contribution in [0.25, 0.3) is 0 Å². The van der Waals surface area contributed by atoms with Gasteiger partial charge in [-0.05, 0) is 46.5 Å². The molecule has 88 valence electrons. The topological polar surface area (TPSA) is 64.3 Å². The van der Waals surface area contributed by atoms with Crippen LogP contribution in [0.4, 0.5) is 0 Å². The van der Waals surface area contributed by atoms with E-state index in [1.807, 2.05) is 18.2 Å². The standard InChI is InChI=1S/C11H15BrN2O2/c1-16-10-6-5-8(7-9(10)12)3-2-4-11(15)14-13/h5-7H,2-4,13H2,1H3,(H,14,15). The Morgan fingerprint density at radius 1 is 1.56 bits per heavy atom. The molecule has 1 rings (SSSR count). The molecule has 0 aromatic heterocycles. The van der Waals surface area contributed by atoms with Gasteiger partial charge in [0.15, 0.2) is 0 Å². The second kappa shape index (κ2) is 6.50. The number of nitrogens with one attached hydrogen (secondary N) is 1. The lowest BCUT2D eigenvalue weighted by molar-refractivity contribution is -0.121. The van der Waals surface area contributed by atoms with Crippen molar-refractivity contribution < 1.29 is 9.53 Å². The van der Waals surface area contributed by atoms with Gasteiger partial charge in [-0.1, -0.05) is 6.07 Å². The van der Waals surface area contributed by atoms with E-state index in [1.165, 1.54) is 0 Å². The number of methoxy groups -OCH3 is 1. The van der Waals surface area contributed by atoms with Crippen molar-refractivity contribution in [2.75, 3.05) is 7.11 Å². The zero-order valence-electron chi connectivity index (χ0n) is 9.13. The predicted molar refractivity (Wildman–Crippen MR) is 66.0 cm³/mol. The van der Waals surface area contributed by atoms with E-state index in [9.17, 15) is 4.79 Å². The summed E-state index contributed by atoms with van der Waals surface area (Å²) in [6.45, 7) is 0. The highest BCUT2D eigenvalue weighted by atomic mass is 79.9. The molecule has 4 nitrogen and oxygen atoms in total. The number of nitrogens with two attached hydrogens (primary N) is 1. The molecule has 0 heterocycles. The zero-order valence-corrected chi connectivity index (χ0v) is 10.7. The molecule has 1 amide bonds. The first-order chi connectivity index (χ1) is 7.67. The molecule has 0 atom stereocenters. The minimum absolute atomic E-state index is 0.132. The highest BCUT2D eigenvalue weighted by Gasteiger charge is 2.03. The van der Waals surface area contributed by atoms with E-state index in [4.69, 9.17) is 10.6 Å². The van der Waals surface area contributed by atoms with Gasteiger partial charge in [-0.3, -0.25) is 10.2 Å². The van der Waals surface area contributed by atoms with E-state index in [2.05, 4.69) is 21.4 Å². The van der Waals surface area contributed by atoms with E-state index in [1.54, 1.807) is 7.11 Å². The number of hydrogen-bond donors (Lipinski definition) is 2. The van der Waals surface area contributed by atoms with Gasteiger partial charge in [0, 0.05) is 6.42 Å². The van der Waals surface area contributed by atoms with E-state index >= 15 is 0 Å². The molecule has 0 aliphatic heterocycles. The Morgan fingerprint density at radius 3 is 2.88 bits per heavy atom. The predicted octanol–water partition coefficient (Wildman–Crippen LogP) is 1.77. The van der Waals surface area contributed by atoms with Crippen LogP contribution in [0.5, 0.6) is 5.75 Å². The van der Waals surface area contributed by atoms with E-state index in [0.29, 0.717) is 6.42 Å². The van der Waals surface area contributed by atoms with E-state index in [-0.39, 0.29) is 5.91 Å². The van der Waals surface area contributed by atoms with Crippen molar-refractivity contribution in [3.63, 3.8) is 0 Å². The summed E-state index contributed by atoms with van der Waals surface area (Å²) >= 11 is 3.42. The Morgan fingerprint density at radius 2 is 2.31 bits per heavy atom. The first-order valence-corrected chi connectivity index (χ1v) is 5.78. The summed E-state index contributed by atoms with van der Waals surface area (Å²) in [5, 5.41) is 0. The Hall–Kier alpha value is -1.07. The average Bonchev–Trinajstić information content (AvgIpc) is 2.29. The van der Waals surface area contributed by atoms with Gasteiger partial charge in [-0.2, -0.15) is 0 Å². The maximum Gasteiger partial charge on any atom is 0.233 e. The van der Waals surface area contributed by atoms with Crippen molar-refractivity contribution in [3.05, 3.63) is 28.2 Å². The van der Waals surface area contributed by atoms with Crippen molar-refractivity contribution in [3.8, 4) is 5.75 Å². The molecule has 0 fully saturated rings. The second-order valence-corrected chi connectivity index (χ2v) is 4.24. The molecule has 5 heteroatoms. The summed E-state index contributed by atoms with van der Waals surface area (Å²) < 4.78 is 6.06.